The number of rotatable bonds is 6. The van der Waals surface area contributed by atoms with Gasteiger partial charge in [-0.25, -0.2) is 8.42 Å². The zero-order valence-electron chi connectivity index (χ0n) is 21.1. The summed E-state index contributed by atoms with van der Waals surface area (Å²) in [6.07, 6.45) is 6.12. The third kappa shape index (κ3) is 5.57. The minimum Gasteiger partial charge on any atom is -0.371 e. The Morgan fingerprint density at radius 3 is 2.26 bits per heavy atom. The number of aromatic nitrogens is 1. The highest BCUT2D eigenvalue weighted by Crippen LogP contribution is 2.30. The van der Waals surface area contributed by atoms with Gasteiger partial charge in [0.05, 0.1) is 4.90 Å². The van der Waals surface area contributed by atoms with E-state index in [1.807, 2.05) is 12.1 Å². The summed E-state index contributed by atoms with van der Waals surface area (Å²) in [6.45, 7) is 9.15. The molecule has 2 aromatic carbocycles. The highest BCUT2D eigenvalue weighted by Gasteiger charge is 2.25. The Morgan fingerprint density at radius 1 is 0.914 bits per heavy atom. The number of nitrogens with one attached hydrogen (secondary N) is 2. The van der Waals surface area contributed by atoms with Gasteiger partial charge in [0, 0.05) is 59.8 Å². The minimum atomic E-state index is -3.22. The standard InChI is InChI=1S/C28H38N4O2S/c1-20(2)31-13-9-23(10-14-31)29-24-11-15-32(16-12-24)25-6-4-5-21(17-25)28-19-22-18-26(35(3,33)34)7-8-27(22)30-28/h4-8,17-20,23-24,29-30H,9-16H2,1-3H3. The highest BCUT2D eigenvalue weighted by atomic mass is 32.2. The average molecular weight is 495 g/mol. The molecule has 7 heteroatoms. The van der Waals surface area contributed by atoms with Crippen LogP contribution in [-0.4, -0.2) is 68.9 Å². The molecule has 0 aliphatic carbocycles. The smallest absolute Gasteiger partial charge is 0.175 e. The molecule has 188 valence electrons. The Kier molecular flexibility index (Phi) is 6.93. The first-order valence-electron chi connectivity index (χ1n) is 12.9. The van der Waals surface area contributed by atoms with E-state index in [4.69, 9.17) is 0 Å². The van der Waals surface area contributed by atoms with Crippen molar-refractivity contribution in [2.45, 2.75) is 62.6 Å². The second-order valence-electron chi connectivity index (χ2n) is 10.6. The van der Waals surface area contributed by atoms with Gasteiger partial charge in [0.15, 0.2) is 9.84 Å². The van der Waals surface area contributed by atoms with E-state index in [1.54, 1.807) is 12.1 Å². The van der Waals surface area contributed by atoms with Crippen LogP contribution in [0.15, 0.2) is 53.4 Å². The number of hydrogen-bond acceptors (Lipinski definition) is 5. The summed E-state index contributed by atoms with van der Waals surface area (Å²) in [5.41, 5.74) is 4.33. The molecule has 2 aliphatic heterocycles. The van der Waals surface area contributed by atoms with Gasteiger partial charge < -0.3 is 20.1 Å². The summed E-state index contributed by atoms with van der Waals surface area (Å²) < 4.78 is 23.8. The predicted octanol–water partition coefficient (Wildman–Crippen LogP) is 4.67. The van der Waals surface area contributed by atoms with Gasteiger partial charge in [0.2, 0.25) is 0 Å². The molecule has 35 heavy (non-hydrogen) atoms. The van der Waals surface area contributed by atoms with Crippen LogP contribution in [0.1, 0.15) is 39.5 Å². The van der Waals surface area contributed by atoms with E-state index >= 15 is 0 Å². The van der Waals surface area contributed by atoms with Crippen LogP contribution in [0, 0.1) is 0 Å². The van der Waals surface area contributed by atoms with Gasteiger partial charge in [-0.2, -0.15) is 0 Å². The van der Waals surface area contributed by atoms with Gasteiger partial charge in [-0.15, -0.1) is 0 Å². The molecule has 0 bridgehead atoms. The average Bonchev–Trinajstić information content (AvgIpc) is 3.28. The van der Waals surface area contributed by atoms with Crippen molar-refractivity contribution in [2.24, 2.45) is 0 Å². The van der Waals surface area contributed by atoms with Crippen LogP contribution in [0.25, 0.3) is 22.2 Å². The Morgan fingerprint density at radius 2 is 1.60 bits per heavy atom. The number of aromatic amines is 1. The molecule has 2 N–H and O–H groups in total. The zero-order chi connectivity index (χ0) is 24.6. The topological polar surface area (TPSA) is 68.4 Å². The Hall–Kier alpha value is -2.35. The van der Waals surface area contributed by atoms with E-state index in [0.29, 0.717) is 23.0 Å². The lowest BCUT2D eigenvalue weighted by Gasteiger charge is -2.39. The number of hydrogen-bond donors (Lipinski definition) is 2. The van der Waals surface area contributed by atoms with Gasteiger partial charge in [-0.05, 0) is 94.6 Å². The third-order valence-electron chi connectivity index (χ3n) is 7.77. The fourth-order valence-corrected chi connectivity index (χ4v) is 6.24. The van der Waals surface area contributed by atoms with Gasteiger partial charge in [-0.1, -0.05) is 12.1 Å². The number of fused-ring (bicyclic) bond motifs is 1. The number of sulfone groups is 1. The number of likely N-dealkylation sites (tertiary alicyclic amines) is 1. The molecule has 2 fully saturated rings. The first kappa shape index (κ1) is 24.3. The van der Waals surface area contributed by atoms with Gasteiger partial charge >= 0.3 is 0 Å². The van der Waals surface area contributed by atoms with Crippen molar-refractivity contribution < 1.29 is 8.42 Å². The van der Waals surface area contributed by atoms with Crippen LogP contribution >= 0.6 is 0 Å². The lowest BCUT2D eigenvalue weighted by Crippen LogP contribution is -2.50. The molecule has 0 unspecified atom stereocenters. The number of benzene rings is 2. The summed E-state index contributed by atoms with van der Waals surface area (Å²) in [6, 6.07) is 17.9. The van der Waals surface area contributed by atoms with E-state index in [-0.39, 0.29) is 0 Å². The second-order valence-corrected chi connectivity index (χ2v) is 12.6. The van der Waals surface area contributed by atoms with Gasteiger partial charge in [-0.3, -0.25) is 0 Å². The third-order valence-corrected chi connectivity index (χ3v) is 8.88. The molecule has 6 nitrogen and oxygen atoms in total. The summed E-state index contributed by atoms with van der Waals surface area (Å²) in [4.78, 5) is 8.89. The maximum Gasteiger partial charge on any atom is 0.175 e. The van der Waals surface area contributed by atoms with E-state index in [9.17, 15) is 8.42 Å². The van der Waals surface area contributed by atoms with Crippen molar-refractivity contribution in [3.63, 3.8) is 0 Å². The van der Waals surface area contributed by atoms with Crippen molar-refractivity contribution >= 4 is 26.4 Å². The first-order valence-corrected chi connectivity index (χ1v) is 14.8. The molecule has 0 spiro atoms. The molecule has 2 saturated heterocycles. The predicted molar refractivity (Wildman–Crippen MR) is 145 cm³/mol. The Bertz CT molecular complexity index is 1270. The molecule has 0 saturated carbocycles. The highest BCUT2D eigenvalue weighted by molar-refractivity contribution is 7.90. The summed E-state index contributed by atoms with van der Waals surface area (Å²) in [7, 11) is -3.22. The molecule has 0 radical (unpaired) electrons. The first-order chi connectivity index (χ1) is 16.8. The molecule has 1 aromatic heterocycles. The summed E-state index contributed by atoms with van der Waals surface area (Å²) in [5, 5.41) is 4.87. The molecule has 2 aliphatic rings. The van der Waals surface area contributed by atoms with Crippen LogP contribution in [0.3, 0.4) is 0 Å². The van der Waals surface area contributed by atoms with E-state index in [1.165, 1.54) is 50.7 Å². The number of piperidine rings is 2. The molecule has 0 amide bonds. The van der Waals surface area contributed by atoms with Crippen molar-refractivity contribution in [2.75, 3.05) is 37.3 Å². The van der Waals surface area contributed by atoms with Crippen LogP contribution < -0.4 is 10.2 Å². The normalized spacial score (nSPS) is 19.1. The number of anilines is 1. The fraction of sp³-hybridized carbons (Fsp3) is 0.500. The molecular formula is C28H38N4O2S. The zero-order valence-corrected chi connectivity index (χ0v) is 21.9. The maximum absolute atomic E-state index is 11.9. The summed E-state index contributed by atoms with van der Waals surface area (Å²) in [5.74, 6) is 0. The van der Waals surface area contributed by atoms with E-state index < -0.39 is 9.84 Å². The van der Waals surface area contributed by atoms with Crippen LogP contribution in [0.4, 0.5) is 5.69 Å². The van der Waals surface area contributed by atoms with Gasteiger partial charge in [0.1, 0.15) is 0 Å². The maximum atomic E-state index is 11.9. The van der Waals surface area contributed by atoms with Crippen molar-refractivity contribution in [3.8, 4) is 11.3 Å². The molecule has 5 rings (SSSR count). The van der Waals surface area contributed by atoms with E-state index in [0.717, 1.165) is 35.2 Å². The minimum absolute atomic E-state index is 0.353. The lowest BCUT2D eigenvalue weighted by atomic mass is 9.98. The quantitative estimate of drug-likeness (QED) is 0.521. The second kappa shape index (κ2) is 9.96. The summed E-state index contributed by atoms with van der Waals surface area (Å²) >= 11 is 0. The monoisotopic (exact) mass is 494 g/mol. The molecular weight excluding hydrogens is 456 g/mol. The lowest BCUT2D eigenvalue weighted by molar-refractivity contribution is 0.154. The Balaban J connectivity index is 1.22. The molecule has 3 aromatic rings. The van der Waals surface area contributed by atoms with Crippen molar-refractivity contribution in [1.29, 1.82) is 0 Å². The van der Waals surface area contributed by atoms with Crippen molar-refractivity contribution in [3.05, 3.63) is 48.5 Å². The number of H-pyrrole nitrogens is 1. The van der Waals surface area contributed by atoms with Crippen LogP contribution in [0.2, 0.25) is 0 Å². The van der Waals surface area contributed by atoms with Crippen LogP contribution in [-0.2, 0) is 9.84 Å². The fourth-order valence-electron chi connectivity index (χ4n) is 5.59. The number of nitrogens with zero attached hydrogens (tertiary/aromatic N) is 2. The molecule has 0 atom stereocenters. The van der Waals surface area contributed by atoms with Crippen LogP contribution in [0.5, 0.6) is 0 Å². The largest absolute Gasteiger partial charge is 0.371 e. The van der Waals surface area contributed by atoms with E-state index in [2.05, 4.69) is 58.2 Å². The van der Waals surface area contributed by atoms with Crippen molar-refractivity contribution in [1.82, 2.24) is 15.2 Å². The Labute approximate surface area is 209 Å². The molecule has 3 heterocycles. The van der Waals surface area contributed by atoms with Gasteiger partial charge in [0.25, 0.3) is 0 Å². The SMILES string of the molecule is CC(C)N1CCC(NC2CCN(c3cccc(-c4cc5cc(S(C)(=O)=O)ccc5[nH]4)c3)CC2)CC1.